The second-order valence-electron chi connectivity index (χ2n) is 5.33. The standard InChI is InChI=1S/C15H23N3O/c1-11(18-7-3-4-8-18)10-17-13-5-6-15(16)14(9-13)12(2)19/h5-6,9,11,17H,3-4,7-8,10,16H2,1-2H3. The molecule has 1 fully saturated rings. The van der Waals surface area contributed by atoms with Gasteiger partial charge >= 0.3 is 0 Å². The third-order valence-electron chi connectivity index (χ3n) is 3.80. The first-order valence-corrected chi connectivity index (χ1v) is 6.96. The number of anilines is 2. The van der Waals surface area contributed by atoms with Gasteiger partial charge < -0.3 is 11.1 Å². The topological polar surface area (TPSA) is 58.4 Å². The molecule has 1 saturated heterocycles. The van der Waals surface area contributed by atoms with Crippen LogP contribution in [0.3, 0.4) is 0 Å². The lowest BCUT2D eigenvalue weighted by atomic mass is 10.1. The number of benzene rings is 1. The molecule has 0 aliphatic carbocycles. The molecule has 0 bridgehead atoms. The smallest absolute Gasteiger partial charge is 0.161 e. The number of carbonyl (C=O) groups excluding carboxylic acids is 1. The Morgan fingerprint density at radius 3 is 2.74 bits per heavy atom. The van der Waals surface area contributed by atoms with Gasteiger partial charge in [0.2, 0.25) is 0 Å². The molecule has 3 N–H and O–H groups in total. The minimum absolute atomic E-state index is 0.00809. The highest BCUT2D eigenvalue weighted by atomic mass is 16.1. The van der Waals surface area contributed by atoms with E-state index in [9.17, 15) is 4.79 Å². The average molecular weight is 261 g/mol. The van der Waals surface area contributed by atoms with Gasteiger partial charge in [-0.2, -0.15) is 0 Å². The summed E-state index contributed by atoms with van der Waals surface area (Å²) in [6.45, 7) is 7.07. The number of nitrogens with two attached hydrogens (primary N) is 1. The molecule has 1 heterocycles. The van der Waals surface area contributed by atoms with Crippen molar-refractivity contribution in [2.45, 2.75) is 32.7 Å². The van der Waals surface area contributed by atoms with Crippen molar-refractivity contribution in [1.29, 1.82) is 0 Å². The van der Waals surface area contributed by atoms with E-state index in [1.807, 2.05) is 12.1 Å². The summed E-state index contributed by atoms with van der Waals surface area (Å²) >= 11 is 0. The van der Waals surface area contributed by atoms with Crippen LogP contribution in [0.5, 0.6) is 0 Å². The normalized spacial score (nSPS) is 17.4. The maximum Gasteiger partial charge on any atom is 0.161 e. The first-order chi connectivity index (χ1) is 9.08. The Morgan fingerprint density at radius 2 is 2.11 bits per heavy atom. The summed E-state index contributed by atoms with van der Waals surface area (Å²) in [5, 5.41) is 3.39. The van der Waals surface area contributed by atoms with Crippen LogP contribution in [0.2, 0.25) is 0 Å². The van der Waals surface area contributed by atoms with Crippen LogP contribution in [0, 0.1) is 0 Å². The molecule has 1 aromatic carbocycles. The summed E-state index contributed by atoms with van der Waals surface area (Å²) in [5.74, 6) is 0.00809. The second-order valence-corrected chi connectivity index (χ2v) is 5.33. The van der Waals surface area contributed by atoms with Gasteiger partial charge in [0.25, 0.3) is 0 Å². The number of ketones is 1. The fourth-order valence-corrected chi connectivity index (χ4v) is 2.55. The third kappa shape index (κ3) is 3.47. The van der Waals surface area contributed by atoms with Crippen LogP contribution in [0.4, 0.5) is 11.4 Å². The van der Waals surface area contributed by atoms with Crippen LogP contribution >= 0.6 is 0 Å². The fourth-order valence-electron chi connectivity index (χ4n) is 2.55. The third-order valence-corrected chi connectivity index (χ3v) is 3.80. The second kappa shape index (κ2) is 6.06. The number of rotatable bonds is 5. The van der Waals surface area contributed by atoms with Crippen LogP contribution in [0.25, 0.3) is 0 Å². The van der Waals surface area contributed by atoms with Crippen molar-refractivity contribution < 1.29 is 4.79 Å². The van der Waals surface area contributed by atoms with E-state index in [4.69, 9.17) is 5.73 Å². The summed E-state index contributed by atoms with van der Waals surface area (Å²) in [7, 11) is 0. The van der Waals surface area contributed by atoms with Gasteiger partial charge in [0, 0.05) is 29.5 Å². The van der Waals surface area contributed by atoms with Crippen molar-refractivity contribution in [3.63, 3.8) is 0 Å². The summed E-state index contributed by atoms with van der Waals surface area (Å²) < 4.78 is 0. The SMILES string of the molecule is CC(=O)c1cc(NCC(C)N2CCCC2)ccc1N. The van der Waals surface area contributed by atoms with Gasteiger partial charge in [0.05, 0.1) is 0 Å². The summed E-state index contributed by atoms with van der Waals surface area (Å²) in [6.07, 6.45) is 2.61. The van der Waals surface area contributed by atoms with Crippen LogP contribution in [0.1, 0.15) is 37.0 Å². The molecule has 104 valence electrons. The Kier molecular flexibility index (Phi) is 4.43. The first-order valence-electron chi connectivity index (χ1n) is 6.96. The number of carbonyl (C=O) groups is 1. The molecule has 19 heavy (non-hydrogen) atoms. The zero-order valence-corrected chi connectivity index (χ0v) is 11.8. The first kappa shape index (κ1) is 13.9. The van der Waals surface area contributed by atoms with E-state index in [2.05, 4.69) is 17.1 Å². The van der Waals surface area contributed by atoms with Gasteiger partial charge in [-0.1, -0.05) is 0 Å². The highest BCUT2D eigenvalue weighted by Gasteiger charge is 2.17. The van der Waals surface area contributed by atoms with E-state index in [1.54, 1.807) is 13.0 Å². The molecule has 0 amide bonds. The van der Waals surface area contributed by atoms with Gasteiger partial charge in [0.15, 0.2) is 5.78 Å². The van der Waals surface area contributed by atoms with E-state index in [0.717, 1.165) is 12.2 Å². The average Bonchev–Trinajstić information content (AvgIpc) is 2.91. The molecule has 1 unspecified atom stereocenters. The van der Waals surface area contributed by atoms with E-state index < -0.39 is 0 Å². The predicted octanol–water partition coefficient (Wildman–Crippen LogP) is 2.37. The lowest BCUT2D eigenvalue weighted by molar-refractivity contribution is 0.101. The summed E-state index contributed by atoms with van der Waals surface area (Å²) in [6, 6.07) is 6.08. The fraction of sp³-hybridized carbons (Fsp3) is 0.533. The molecule has 0 saturated carbocycles. The number of hydrogen-bond acceptors (Lipinski definition) is 4. The molecule has 1 aliphatic heterocycles. The van der Waals surface area contributed by atoms with E-state index in [1.165, 1.54) is 25.9 Å². The predicted molar refractivity (Wildman–Crippen MR) is 79.6 cm³/mol. The zero-order valence-electron chi connectivity index (χ0n) is 11.8. The zero-order chi connectivity index (χ0) is 13.8. The molecule has 2 rings (SSSR count). The molecule has 0 spiro atoms. The van der Waals surface area contributed by atoms with Gasteiger partial charge in [-0.25, -0.2) is 0 Å². The summed E-state index contributed by atoms with van der Waals surface area (Å²) in [5.41, 5.74) is 7.90. The lowest BCUT2D eigenvalue weighted by Gasteiger charge is -2.24. The highest BCUT2D eigenvalue weighted by Crippen LogP contribution is 2.19. The number of likely N-dealkylation sites (tertiary alicyclic amines) is 1. The maximum atomic E-state index is 11.4. The summed E-state index contributed by atoms with van der Waals surface area (Å²) in [4.78, 5) is 13.9. The van der Waals surface area contributed by atoms with Gasteiger partial charge in [0.1, 0.15) is 0 Å². The van der Waals surface area contributed by atoms with Crippen molar-refractivity contribution in [1.82, 2.24) is 4.90 Å². The van der Waals surface area contributed by atoms with Crippen LogP contribution < -0.4 is 11.1 Å². The molecule has 1 aliphatic rings. The number of nitrogen functional groups attached to an aromatic ring is 1. The van der Waals surface area contributed by atoms with E-state index in [-0.39, 0.29) is 5.78 Å². The van der Waals surface area contributed by atoms with Crippen molar-refractivity contribution in [3.05, 3.63) is 23.8 Å². The number of Topliss-reactive ketones (excluding diaryl/α,β-unsaturated/α-hetero) is 1. The Balaban J connectivity index is 1.95. The lowest BCUT2D eigenvalue weighted by Crippen LogP contribution is -2.35. The minimum atomic E-state index is 0.00809. The monoisotopic (exact) mass is 261 g/mol. The molecule has 0 radical (unpaired) electrons. The molecule has 4 nitrogen and oxygen atoms in total. The Labute approximate surface area is 115 Å². The van der Waals surface area contributed by atoms with Crippen molar-refractivity contribution >= 4 is 17.2 Å². The van der Waals surface area contributed by atoms with Crippen LogP contribution in [-0.2, 0) is 0 Å². The van der Waals surface area contributed by atoms with Crippen LogP contribution in [0.15, 0.2) is 18.2 Å². The Hall–Kier alpha value is -1.55. The largest absolute Gasteiger partial charge is 0.398 e. The minimum Gasteiger partial charge on any atom is -0.398 e. The van der Waals surface area contributed by atoms with E-state index in [0.29, 0.717) is 17.3 Å². The molecule has 0 aromatic heterocycles. The Bertz CT molecular complexity index is 453. The molecular weight excluding hydrogens is 238 g/mol. The molecule has 1 atom stereocenters. The van der Waals surface area contributed by atoms with Crippen molar-refractivity contribution in [2.24, 2.45) is 0 Å². The molecule has 1 aromatic rings. The van der Waals surface area contributed by atoms with Crippen molar-refractivity contribution in [2.75, 3.05) is 30.7 Å². The number of nitrogens with one attached hydrogen (secondary N) is 1. The molecular formula is C15H23N3O. The maximum absolute atomic E-state index is 11.4. The van der Waals surface area contributed by atoms with Crippen LogP contribution in [-0.4, -0.2) is 36.4 Å². The van der Waals surface area contributed by atoms with Gasteiger partial charge in [-0.3, -0.25) is 9.69 Å². The quantitative estimate of drug-likeness (QED) is 0.631. The van der Waals surface area contributed by atoms with E-state index >= 15 is 0 Å². The van der Waals surface area contributed by atoms with Crippen molar-refractivity contribution in [3.8, 4) is 0 Å². The van der Waals surface area contributed by atoms with Gasteiger partial charge in [-0.05, 0) is 58.0 Å². The number of nitrogens with zero attached hydrogens (tertiary/aromatic N) is 1. The van der Waals surface area contributed by atoms with Gasteiger partial charge in [-0.15, -0.1) is 0 Å². The highest BCUT2D eigenvalue weighted by molar-refractivity contribution is 5.99. The molecule has 4 heteroatoms. The number of hydrogen-bond donors (Lipinski definition) is 2. The Morgan fingerprint density at radius 1 is 1.42 bits per heavy atom.